The van der Waals surface area contributed by atoms with Crippen LogP contribution in [-0.4, -0.2) is 37.2 Å². The van der Waals surface area contributed by atoms with Gasteiger partial charge in [-0.25, -0.2) is 15.0 Å². The van der Waals surface area contributed by atoms with Gasteiger partial charge in [-0.05, 0) is 26.7 Å². The zero-order valence-corrected chi connectivity index (χ0v) is 16.3. The molecule has 7 heteroatoms. The lowest BCUT2D eigenvalue weighted by atomic mass is 10.0. The van der Waals surface area contributed by atoms with Gasteiger partial charge in [-0.15, -0.1) is 11.3 Å². The molecule has 6 nitrogen and oxygen atoms in total. The van der Waals surface area contributed by atoms with E-state index < -0.39 is 0 Å². The van der Waals surface area contributed by atoms with E-state index >= 15 is 0 Å². The first-order valence-electron chi connectivity index (χ1n) is 8.31. The number of rotatable bonds is 4. The number of aryl methyl sites for hydroxylation is 3. The second kappa shape index (κ2) is 6.55. The second-order valence-corrected chi connectivity index (χ2v) is 7.88. The van der Waals surface area contributed by atoms with Gasteiger partial charge in [-0.2, -0.15) is 0 Å². The summed E-state index contributed by atoms with van der Waals surface area (Å²) in [6, 6.07) is 0. The Balaban J connectivity index is 1.92. The molecule has 3 aromatic heterocycles. The maximum atomic E-state index is 13.0. The van der Waals surface area contributed by atoms with Crippen molar-refractivity contribution in [2.45, 2.75) is 47.1 Å². The van der Waals surface area contributed by atoms with Crippen LogP contribution < -0.4 is 0 Å². The van der Waals surface area contributed by atoms with Crippen molar-refractivity contribution in [3.05, 3.63) is 45.7 Å². The summed E-state index contributed by atoms with van der Waals surface area (Å²) in [6.07, 6.45) is 3.71. The van der Waals surface area contributed by atoms with Gasteiger partial charge >= 0.3 is 0 Å². The molecule has 0 N–H and O–H groups in total. The van der Waals surface area contributed by atoms with Crippen molar-refractivity contribution in [2.24, 2.45) is 0 Å². The fourth-order valence-electron chi connectivity index (χ4n) is 2.89. The Morgan fingerprint density at radius 1 is 1.28 bits per heavy atom. The number of hydrogen-bond donors (Lipinski definition) is 0. The smallest absolute Gasteiger partial charge is 0.257 e. The first-order valence-corrected chi connectivity index (χ1v) is 9.12. The molecule has 0 aliphatic carbocycles. The number of fused-ring (bicyclic) bond motifs is 1. The number of thiazole rings is 1. The summed E-state index contributed by atoms with van der Waals surface area (Å²) in [5.41, 5.74) is 3.36. The molecule has 3 aromatic rings. The maximum Gasteiger partial charge on any atom is 0.257 e. The predicted octanol–water partition coefficient (Wildman–Crippen LogP) is 3.51. The van der Waals surface area contributed by atoms with E-state index in [-0.39, 0.29) is 11.8 Å². The van der Waals surface area contributed by atoms with E-state index in [0.717, 1.165) is 22.0 Å². The number of carbonyl (C=O) groups excluding carboxylic acids is 1. The minimum absolute atomic E-state index is 0.0648. The first kappa shape index (κ1) is 17.5. The Labute approximate surface area is 151 Å². The number of aromatic nitrogens is 4. The normalized spacial score (nSPS) is 11.5. The van der Waals surface area contributed by atoms with E-state index in [4.69, 9.17) is 0 Å². The molecule has 0 spiro atoms. The van der Waals surface area contributed by atoms with E-state index in [0.29, 0.717) is 17.9 Å². The number of nitrogens with zero attached hydrogens (tertiary/aromatic N) is 5. The molecule has 132 valence electrons. The van der Waals surface area contributed by atoms with Crippen molar-refractivity contribution in [1.29, 1.82) is 0 Å². The molecule has 0 atom stereocenters. The van der Waals surface area contributed by atoms with Gasteiger partial charge in [0, 0.05) is 24.3 Å². The third kappa shape index (κ3) is 3.28. The van der Waals surface area contributed by atoms with Gasteiger partial charge in [-0.1, -0.05) is 13.8 Å². The molecule has 3 rings (SSSR count). The SMILES string of the molecule is Cc1ncc(C(=O)N(C)Cc2c(C)nc3sc(C)cn23)c(C(C)C)n1. The Bertz CT molecular complexity index is 940. The summed E-state index contributed by atoms with van der Waals surface area (Å²) >= 11 is 1.66. The lowest BCUT2D eigenvalue weighted by Crippen LogP contribution is -2.29. The maximum absolute atomic E-state index is 13.0. The van der Waals surface area contributed by atoms with Crippen LogP contribution in [0, 0.1) is 20.8 Å². The third-order valence-electron chi connectivity index (χ3n) is 4.19. The summed E-state index contributed by atoms with van der Waals surface area (Å²) in [4.78, 5) is 30.1. The van der Waals surface area contributed by atoms with Crippen molar-refractivity contribution in [2.75, 3.05) is 7.05 Å². The fraction of sp³-hybridized carbons (Fsp3) is 0.444. The Morgan fingerprint density at radius 2 is 2.00 bits per heavy atom. The fourth-order valence-corrected chi connectivity index (χ4v) is 3.78. The summed E-state index contributed by atoms with van der Waals surface area (Å²) in [5.74, 6) is 0.784. The Kier molecular flexibility index (Phi) is 4.60. The molecule has 0 bridgehead atoms. The van der Waals surface area contributed by atoms with E-state index in [1.54, 1.807) is 22.4 Å². The molecule has 0 aliphatic rings. The predicted molar refractivity (Wildman–Crippen MR) is 99.2 cm³/mol. The third-order valence-corrected chi connectivity index (χ3v) is 5.09. The van der Waals surface area contributed by atoms with Crippen molar-refractivity contribution in [3.8, 4) is 0 Å². The monoisotopic (exact) mass is 357 g/mol. The highest BCUT2D eigenvalue weighted by Gasteiger charge is 2.22. The lowest BCUT2D eigenvalue weighted by molar-refractivity contribution is 0.0780. The van der Waals surface area contributed by atoms with Crippen molar-refractivity contribution >= 4 is 22.2 Å². The first-order chi connectivity index (χ1) is 11.8. The average Bonchev–Trinajstić information content (AvgIpc) is 3.03. The molecule has 1 amide bonds. The minimum Gasteiger partial charge on any atom is -0.336 e. The van der Waals surface area contributed by atoms with Gasteiger partial charge in [0.05, 0.1) is 29.2 Å². The van der Waals surface area contributed by atoms with Gasteiger partial charge in [-0.3, -0.25) is 9.20 Å². The molecule has 0 fully saturated rings. The topological polar surface area (TPSA) is 63.4 Å². The molecule has 0 saturated carbocycles. The largest absolute Gasteiger partial charge is 0.336 e. The number of hydrogen-bond acceptors (Lipinski definition) is 5. The van der Waals surface area contributed by atoms with Gasteiger partial charge in [0.25, 0.3) is 5.91 Å². The van der Waals surface area contributed by atoms with Crippen LogP contribution in [0.2, 0.25) is 0 Å². The highest BCUT2D eigenvalue weighted by atomic mass is 32.1. The summed E-state index contributed by atoms with van der Waals surface area (Å²) < 4.78 is 2.08. The van der Waals surface area contributed by atoms with Crippen molar-refractivity contribution in [3.63, 3.8) is 0 Å². The molecule has 0 radical (unpaired) electrons. The van der Waals surface area contributed by atoms with E-state index in [1.165, 1.54) is 4.88 Å². The van der Waals surface area contributed by atoms with Gasteiger partial charge < -0.3 is 4.90 Å². The molecule has 0 aromatic carbocycles. The molecule has 0 aliphatic heterocycles. The van der Waals surface area contributed by atoms with Crippen LogP contribution in [0.5, 0.6) is 0 Å². The second-order valence-electron chi connectivity index (χ2n) is 6.67. The van der Waals surface area contributed by atoms with E-state index in [9.17, 15) is 4.79 Å². The summed E-state index contributed by atoms with van der Waals surface area (Å²) in [5, 5.41) is 0. The zero-order chi connectivity index (χ0) is 18.3. The minimum atomic E-state index is -0.0648. The van der Waals surface area contributed by atoms with Crippen LogP contribution in [0.4, 0.5) is 0 Å². The van der Waals surface area contributed by atoms with E-state index in [1.807, 2.05) is 34.7 Å². The molecule has 25 heavy (non-hydrogen) atoms. The molecular weight excluding hydrogens is 334 g/mol. The quantitative estimate of drug-likeness (QED) is 0.717. The zero-order valence-electron chi connectivity index (χ0n) is 15.5. The lowest BCUT2D eigenvalue weighted by Gasteiger charge is -2.19. The standard InChI is InChI=1S/C18H23N5OS/c1-10(2)16-14(7-19-13(5)21-16)17(24)22(6)9-15-12(4)20-18-23(15)8-11(3)25-18/h7-8,10H,9H2,1-6H3. The number of imidazole rings is 1. The van der Waals surface area contributed by atoms with Crippen LogP contribution in [-0.2, 0) is 6.54 Å². The highest BCUT2D eigenvalue weighted by Crippen LogP contribution is 2.23. The summed E-state index contributed by atoms with van der Waals surface area (Å²) in [7, 11) is 1.81. The van der Waals surface area contributed by atoms with Gasteiger partial charge in [0.1, 0.15) is 5.82 Å². The summed E-state index contributed by atoms with van der Waals surface area (Å²) in [6.45, 7) is 10.5. The molecular formula is C18H23N5OS. The Morgan fingerprint density at radius 3 is 2.68 bits per heavy atom. The van der Waals surface area contributed by atoms with Crippen LogP contribution in [0.3, 0.4) is 0 Å². The number of carbonyl (C=O) groups is 1. The molecule has 0 unspecified atom stereocenters. The van der Waals surface area contributed by atoms with Crippen LogP contribution in [0.15, 0.2) is 12.4 Å². The van der Waals surface area contributed by atoms with Crippen LogP contribution in [0.25, 0.3) is 4.96 Å². The van der Waals surface area contributed by atoms with Crippen LogP contribution >= 0.6 is 11.3 Å². The van der Waals surface area contributed by atoms with Gasteiger partial charge in [0.15, 0.2) is 4.96 Å². The molecule has 3 heterocycles. The highest BCUT2D eigenvalue weighted by molar-refractivity contribution is 7.17. The van der Waals surface area contributed by atoms with Crippen molar-refractivity contribution < 1.29 is 4.79 Å². The molecule has 0 saturated heterocycles. The van der Waals surface area contributed by atoms with Gasteiger partial charge in [0.2, 0.25) is 0 Å². The average molecular weight is 357 g/mol. The van der Waals surface area contributed by atoms with E-state index in [2.05, 4.69) is 32.5 Å². The number of amides is 1. The Hall–Kier alpha value is -2.28. The van der Waals surface area contributed by atoms with Crippen LogP contribution in [0.1, 0.15) is 57.9 Å². The van der Waals surface area contributed by atoms with Crippen molar-refractivity contribution in [1.82, 2.24) is 24.3 Å².